The Kier molecular flexibility index (Phi) is 11.9. The van der Waals surface area contributed by atoms with Crippen LogP contribution in [0.3, 0.4) is 0 Å². The highest BCUT2D eigenvalue weighted by Crippen LogP contribution is 2.15. The highest BCUT2D eigenvalue weighted by Gasteiger charge is 2.38. The number of alkyl halides is 6. The van der Waals surface area contributed by atoms with Crippen molar-refractivity contribution >= 4 is 11.9 Å². The summed E-state index contributed by atoms with van der Waals surface area (Å²) in [6, 6.07) is 8.14. The van der Waals surface area contributed by atoms with E-state index in [1.807, 2.05) is 31.2 Å². The molecule has 33 heavy (non-hydrogen) atoms. The molecule has 184 valence electrons. The van der Waals surface area contributed by atoms with Crippen molar-refractivity contribution in [3.63, 3.8) is 0 Å². The Morgan fingerprint density at radius 2 is 1.36 bits per heavy atom. The van der Waals surface area contributed by atoms with Gasteiger partial charge in [0.15, 0.2) is 11.6 Å². The van der Waals surface area contributed by atoms with Crippen LogP contribution in [0.4, 0.5) is 30.7 Å². The number of nitrogens with zero attached hydrogens (tertiary/aromatic N) is 2. The molecule has 15 heteroatoms. The van der Waals surface area contributed by atoms with E-state index in [4.69, 9.17) is 25.5 Å². The Bertz CT molecular complexity index is 849. The van der Waals surface area contributed by atoms with E-state index >= 15 is 0 Å². The molecule has 1 aromatic heterocycles. The molecule has 0 spiro atoms. The SMILES string of the molecule is C[C@@H](CN)NCc1ccc(-c2ncc(F)cn2)cc1.O=C(O)C(F)(F)F.O=C(O)C(F)(F)F. The Balaban J connectivity index is 0.000000605. The van der Waals surface area contributed by atoms with E-state index < -0.39 is 30.1 Å². The van der Waals surface area contributed by atoms with Crippen LogP contribution in [-0.2, 0) is 16.1 Å². The van der Waals surface area contributed by atoms with Crippen LogP contribution >= 0.6 is 0 Å². The largest absolute Gasteiger partial charge is 0.490 e. The second-order valence-corrected chi connectivity index (χ2v) is 6.05. The third-order valence-corrected chi connectivity index (χ3v) is 3.33. The molecule has 2 aromatic rings. The minimum Gasteiger partial charge on any atom is -0.475 e. The molecule has 1 aromatic carbocycles. The number of carboxylic acids is 2. The number of rotatable bonds is 5. The van der Waals surface area contributed by atoms with Crippen LogP contribution in [0.1, 0.15) is 12.5 Å². The first kappa shape index (κ1) is 29.7. The molecule has 0 saturated carbocycles. The van der Waals surface area contributed by atoms with Crippen molar-refractivity contribution in [2.45, 2.75) is 31.9 Å². The lowest BCUT2D eigenvalue weighted by atomic mass is 10.1. The van der Waals surface area contributed by atoms with Gasteiger partial charge in [0.1, 0.15) is 0 Å². The maximum Gasteiger partial charge on any atom is 0.490 e. The van der Waals surface area contributed by atoms with Crippen LogP contribution < -0.4 is 11.1 Å². The van der Waals surface area contributed by atoms with Crippen molar-refractivity contribution in [3.05, 3.63) is 48.0 Å². The number of aliphatic carboxylic acids is 2. The van der Waals surface area contributed by atoms with Gasteiger partial charge in [-0.05, 0) is 12.5 Å². The van der Waals surface area contributed by atoms with Crippen LogP contribution in [0.2, 0.25) is 0 Å². The maximum absolute atomic E-state index is 12.7. The standard InChI is InChI=1S/C14H17FN4.2C2HF3O2/c1-10(6-16)17-7-11-2-4-12(5-3-11)14-18-8-13(15)9-19-14;2*3-2(4,5)1(6)7/h2-5,8-10,17H,6-7,16H2,1H3;2*(H,6,7)/t10-;;/m0../s1. The smallest absolute Gasteiger partial charge is 0.475 e. The number of nitrogens with one attached hydrogen (secondary N) is 1. The molecule has 0 unspecified atom stereocenters. The number of hydrogen-bond acceptors (Lipinski definition) is 6. The molecule has 0 saturated heterocycles. The third-order valence-electron chi connectivity index (χ3n) is 3.33. The molecule has 0 aliphatic rings. The van der Waals surface area contributed by atoms with Gasteiger partial charge in [0.05, 0.1) is 12.4 Å². The molecule has 1 atom stereocenters. The number of hydrogen-bond donors (Lipinski definition) is 4. The Hall–Kier alpha value is -3.33. The predicted octanol–water partition coefficient (Wildman–Crippen LogP) is 2.99. The van der Waals surface area contributed by atoms with E-state index in [1.165, 1.54) is 12.4 Å². The summed E-state index contributed by atoms with van der Waals surface area (Å²) < 4.78 is 76.2. The van der Waals surface area contributed by atoms with Crippen molar-refractivity contribution in [1.82, 2.24) is 15.3 Å². The average molecular weight is 488 g/mol. The van der Waals surface area contributed by atoms with Gasteiger partial charge in [-0.15, -0.1) is 0 Å². The van der Waals surface area contributed by atoms with Crippen molar-refractivity contribution in [1.29, 1.82) is 0 Å². The normalized spacial score (nSPS) is 11.9. The number of benzene rings is 1. The lowest BCUT2D eigenvalue weighted by molar-refractivity contribution is -0.193. The Morgan fingerprint density at radius 3 is 1.70 bits per heavy atom. The topological polar surface area (TPSA) is 138 Å². The molecule has 0 amide bonds. The van der Waals surface area contributed by atoms with Crippen LogP contribution in [0.15, 0.2) is 36.7 Å². The van der Waals surface area contributed by atoms with Crippen LogP contribution in [-0.4, -0.2) is 57.1 Å². The lowest BCUT2D eigenvalue weighted by Gasteiger charge is -2.11. The summed E-state index contributed by atoms with van der Waals surface area (Å²) in [6.45, 7) is 3.42. The first-order valence-corrected chi connectivity index (χ1v) is 8.68. The highest BCUT2D eigenvalue weighted by atomic mass is 19.4. The number of carbonyl (C=O) groups is 2. The fourth-order valence-corrected chi connectivity index (χ4v) is 1.61. The zero-order chi connectivity index (χ0) is 25.8. The number of aromatic nitrogens is 2. The van der Waals surface area contributed by atoms with Gasteiger partial charge in [0.2, 0.25) is 0 Å². The molecule has 1 heterocycles. The molecular formula is C18H19F7N4O4. The minimum absolute atomic E-state index is 0.292. The summed E-state index contributed by atoms with van der Waals surface area (Å²) >= 11 is 0. The second kappa shape index (κ2) is 13.3. The van der Waals surface area contributed by atoms with Gasteiger partial charge in [-0.3, -0.25) is 0 Å². The molecule has 0 bridgehead atoms. The van der Waals surface area contributed by atoms with Gasteiger partial charge in [0.25, 0.3) is 0 Å². The van der Waals surface area contributed by atoms with Gasteiger partial charge in [-0.2, -0.15) is 26.3 Å². The van der Waals surface area contributed by atoms with E-state index in [0.717, 1.165) is 17.7 Å². The molecule has 8 nitrogen and oxygen atoms in total. The molecule has 0 fully saturated rings. The van der Waals surface area contributed by atoms with E-state index in [2.05, 4.69) is 15.3 Å². The number of halogens is 7. The maximum atomic E-state index is 12.7. The van der Waals surface area contributed by atoms with Crippen LogP contribution in [0, 0.1) is 5.82 Å². The van der Waals surface area contributed by atoms with Gasteiger partial charge in [-0.25, -0.2) is 23.9 Å². The average Bonchev–Trinajstić information content (AvgIpc) is 2.72. The predicted molar refractivity (Wildman–Crippen MR) is 100 cm³/mol. The summed E-state index contributed by atoms with van der Waals surface area (Å²) in [5.41, 5.74) is 7.57. The van der Waals surface area contributed by atoms with Gasteiger partial charge >= 0.3 is 24.3 Å². The molecule has 2 rings (SSSR count). The van der Waals surface area contributed by atoms with Crippen molar-refractivity contribution < 1.29 is 50.5 Å². The van der Waals surface area contributed by atoms with E-state index in [9.17, 15) is 30.7 Å². The summed E-state index contributed by atoms with van der Waals surface area (Å²) in [7, 11) is 0. The zero-order valence-electron chi connectivity index (χ0n) is 16.8. The summed E-state index contributed by atoms with van der Waals surface area (Å²) in [4.78, 5) is 25.7. The summed E-state index contributed by atoms with van der Waals surface area (Å²) in [5, 5.41) is 17.6. The second-order valence-electron chi connectivity index (χ2n) is 6.05. The molecule has 5 N–H and O–H groups in total. The minimum atomic E-state index is -5.08. The van der Waals surface area contributed by atoms with Gasteiger partial charge < -0.3 is 21.3 Å². The molecule has 0 radical (unpaired) electrons. The quantitative estimate of drug-likeness (QED) is 0.472. The van der Waals surface area contributed by atoms with Crippen molar-refractivity contribution in [2.75, 3.05) is 6.54 Å². The number of carboxylic acid groups (broad SMARTS) is 2. The van der Waals surface area contributed by atoms with Crippen LogP contribution in [0.5, 0.6) is 0 Å². The molecule has 0 aliphatic heterocycles. The zero-order valence-corrected chi connectivity index (χ0v) is 16.8. The van der Waals surface area contributed by atoms with E-state index in [1.54, 1.807) is 0 Å². The van der Waals surface area contributed by atoms with Gasteiger partial charge in [-0.1, -0.05) is 24.3 Å². The van der Waals surface area contributed by atoms with Gasteiger partial charge in [0, 0.05) is 24.7 Å². The Labute approximate surface area is 182 Å². The first-order chi connectivity index (χ1) is 15.1. The highest BCUT2D eigenvalue weighted by molar-refractivity contribution is 5.73. The fraction of sp³-hybridized carbons (Fsp3) is 0.333. The first-order valence-electron chi connectivity index (χ1n) is 8.68. The monoisotopic (exact) mass is 488 g/mol. The van der Waals surface area contributed by atoms with E-state index in [0.29, 0.717) is 18.4 Å². The molecular weight excluding hydrogens is 469 g/mol. The van der Waals surface area contributed by atoms with Crippen molar-refractivity contribution in [3.8, 4) is 11.4 Å². The van der Waals surface area contributed by atoms with E-state index in [-0.39, 0.29) is 0 Å². The summed E-state index contributed by atoms with van der Waals surface area (Å²) in [5.74, 6) is -5.42. The molecule has 0 aliphatic carbocycles. The third kappa shape index (κ3) is 13.0. The van der Waals surface area contributed by atoms with Crippen LogP contribution in [0.25, 0.3) is 11.4 Å². The van der Waals surface area contributed by atoms with Crippen molar-refractivity contribution in [2.24, 2.45) is 5.73 Å². The summed E-state index contributed by atoms with van der Waals surface area (Å²) in [6.07, 6.45) is -7.83. The Morgan fingerprint density at radius 1 is 0.970 bits per heavy atom. The fourth-order valence-electron chi connectivity index (χ4n) is 1.61. The number of nitrogens with two attached hydrogens (primary N) is 1. The lowest BCUT2D eigenvalue weighted by Crippen LogP contribution is -2.32.